The Labute approximate surface area is 211 Å². The standard InChI is InChI=1S/C26H21BrClN3O3/c1-16-6-5-9-22(17(16)2)30-25(32)15-34-24-11-10-20(27)13-18(24)12-19(14-29)26(33)31-23-8-4-3-7-21(23)28/h3-13H,15H2,1-2H3,(H,30,32)(H,31,33)/b19-12+. The predicted octanol–water partition coefficient (Wildman–Crippen LogP) is 6.28. The maximum absolute atomic E-state index is 12.6. The van der Waals surface area contributed by atoms with Crippen LogP contribution in [0.3, 0.4) is 0 Å². The Kier molecular flexibility index (Phi) is 8.47. The van der Waals surface area contributed by atoms with Crippen LogP contribution in [0.2, 0.25) is 5.02 Å². The Morgan fingerprint density at radius 2 is 1.79 bits per heavy atom. The molecular formula is C26H21BrClN3O3. The van der Waals surface area contributed by atoms with E-state index in [1.807, 2.05) is 38.1 Å². The van der Waals surface area contributed by atoms with Crippen molar-refractivity contribution >= 4 is 56.8 Å². The van der Waals surface area contributed by atoms with E-state index in [4.69, 9.17) is 16.3 Å². The summed E-state index contributed by atoms with van der Waals surface area (Å²) in [4.78, 5) is 25.1. The van der Waals surface area contributed by atoms with Gasteiger partial charge in [0.1, 0.15) is 17.4 Å². The van der Waals surface area contributed by atoms with Crippen molar-refractivity contribution in [1.29, 1.82) is 5.26 Å². The molecule has 0 aliphatic heterocycles. The minimum absolute atomic E-state index is 0.150. The number of anilines is 2. The van der Waals surface area contributed by atoms with Crippen molar-refractivity contribution in [2.75, 3.05) is 17.2 Å². The second kappa shape index (κ2) is 11.5. The highest BCUT2D eigenvalue weighted by atomic mass is 79.9. The zero-order chi connectivity index (χ0) is 24.7. The zero-order valence-electron chi connectivity index (χ0n) is 18.5. The Bertz CT molecular complexity index is 1310. The number of ether oxygens (including phenoxy) is 1. The predicted molar refractivity (Wildman–Crippen MR) is 138 cm³/mol. The molecule has 0 aliphatic rings. The summed E-state index contributed by atoms with van der Waals surface area (Å²) in [6.07, 6.45) is 1.40. The van der Waals surface area contributed by atoms with Gasteiger partial charge >= 0.3 is 0 Å². The third-order valence-corrected chi connectivity index (χ3v) is 5.82. The number of nitrogens with one attached hydrogen (secondary N) is 2. The van der Waals surface area contributed by atoms with Crippen molar-refractivity contribution in [3.8, 4) is 11.8 Å². The van der Waals surface area contributed by atoms with E-state index >= 15 is 0 Å². The van der Waals surface area contributed by atoms with E-state index in [0.717, 1.165) is 15.6 Å². The lowest BCUT2D eigenvalue weighted by Gasteiger charge is -2.13. The molecule has 0 fully saturated rings. The number of nitrogens with zero attached hydrogens (tertiary/aromatic N) is 1. The molecule has 0 atom stereocenters. The molecule has 172 valence electrons. The molecule has 0 heterocycles. The average Bonchev–Trinajstić information content (AvgIpc) is 2.81. The number of amides is 2. The molecule has 3 rings (SSSR count). The summed E-state index contributed by atoms with van der Waals surface area (Å²) in [5.74, 6) is -0.602. The Morgan fingerprint density at radius 3 is 2.53 bits per heavy atom. The van der Waals surface area contributed by atoms with Gasteiger partial charge in [0.25, 0.3) is 11.8 Å². The number of halogens is 2. The van der Waals surface area contributed by atoms with Gasteiger partial charge in [0, 0.05) is 15.7 Å². The number of benzene rings is 3. The molecule has 0 aromatic heterocycles. The van der Waals surface area contributed by atoms with Crippen molar-refractivity contribution in [1.82, 2.24) is 0 Å². The van der Waals surface area contributed by atoms with Gasteiger partial charge in [-0.05, 0) is 67.4 Å². The first-order chi connectivity index (χ1) is 16.3. The molecule has 0 spiro atoms. The van der Waals surface area contributed by atoms with Crippen molar-refractivity contribution < 1.29 is 14.3 Å². The third kappa shape index (κ3) is 6.47. The molecule has 3 aromatic rings. The summed E-state index contributed by atoms with van der Waals surface area (Å²) in [7, 11) is 0. The van der Waals surface area contributed by atoms with E-state index in [9.17, 15) is 14.9 Å². The van der Waals surface area contributed by atoms with Crippen LogP contribution in [0.5, 0.6) is 5.75 Å². The number of hydrogen-bond donors (Lipinski definition) is 2. The van der Waals surface area contributed by atoms with Crippen LogP contribution < -0.4 is 15.4 Å². The largest absolute Gasteiger partial charge is 0.483 e. The lowest BCUT2D eigenvalue weighted by Crippen LogP contribution is -2.21. The highest BCUT2D eigenvalue weighted by Crippen LogP contribution is 2.27. The van der Waals surface area contributed by atoms with Gasteiger partial charge in [-0.15, -0.1) is 0 Å². The van der Waals surface area contributed by atoms with Crippen LogP contribution in [-0.4, -0.2) is 18.4 Å². The number of aryl methyl sites for hydroxylation is 1. The molecule has 2 amide bonds. The number of carbonyl (C=O) groups is 2. The first kappa shape index (κ1) is 25.0. The van der Waals surface area contributed by atoms with E-state index in [1.165, 1.54) is 6.08 Å². The van der Waals surface area contributed by atoms with Crippen molar-refractivity contribution in [2.24, 2.45) is 0 Å². The molecule has 8 heteroatoms. The monoisotopic (exact) mass is 537 g/mol. The fourth-order valence-electron chi connectivity index (χ4n) is 3.04. The van der Waals surface area contributed by atoms with E-state index in [-0.39, 0.29) is 18.1 Å². The second-order valence-corrected chi connectivity index (χ2v) is 8.69. The normalized spacial score (nSPS) is 10.9. The van der Waals surface area contributed by atoms with E-state index in [1.54, 1.807) is 42.5 Å². The molecule has 34 heavy (non-hydrogen) atoms. The fraction of sp³-hybridized carbons (Fsp3) is 0.115. The van der Waals surface area contributed by atoms with Crippen LogP contribution in [-0.2, 0) is 9.59 Å². The molecule has 0 bridgehead atoms. The first-order valence-electron chi connectivity index (χ1n) is 10.2. The molecular weight excluding hydrogens is 518 g/mol. The third-order valence-electron chi connectivity index (χ3n) is 5.00. The summed E-state index contributed by atoms with van der Waals surface area (Å²) in [6.45, 7) is 3.65. The zero-order valence-corrected chi connectivity index (χ0v) is 20.8. The highest BCUT2D eigenvalue weighted by Gasteiger charge is 2.14. The van der Waals surface area contributed by atoms with Crippen LogP contribution >= 0.6 is 27.5 Å². The van der Waals surface area contributed by atoms with Gasteiger partial charge in [0.05, 0.1) is 10.7 Å². The van der Waals surface area contributed by atoms with E-state index < -0.39 is 5.91 Å². The maximum atomic E-state index is 12.6. The Morgan fingerprint density at radius 1 is 1.06 bits per heavy atom. The van der Waals surface area contributed by atoms with E-state index in [0.29, 0.717) is 27.7 Å². The maximum Gasteiger partial charge on any atom is 0.266 e. The van der Waals surface area contributed by atoms with Crippen LogP contribution in [0.25, 0.3) is 6.08 Å². The molecule has 3 aromatic carbocycles. The number of hydrogen-bond acceptors (Lipinski definition) is 4. The molecule has 0 saturated carbocycles. The van der Waals surface area contributed by atoms with Crippen molar-refractivity contribution in [2.45, 2.75) is 13.8 Å². The van der Waals surface area contributed by atoms with Gasteiger partial charge in [-0.1, -0.05) is 51.8 Å². The molecule has 0 unspecified atom stereocenters. The molecule has 6 nitrogen and oxygen atoms in total. The van der Waals surface area contributed by atoms with Gasteiger partial charge < -0.3 is 15.4 Å². The van der Waals surface area contributed by atoms with Gasteiger partial charge in [-0.3, -0.25) is 9.59 Å². The SMILES string of the molecule is Cc1cccc(NC(=O)COc2ccc(Br)cc2/C=C(\C#N)C(=O)Nc2ccccc2Cl)c1C. The average molecular weight is 539 g/mol. The summed E-state index contributed by atoms with van der Waals surface area (Å²) in [5.41, 5.74) is 3.46. The number of para-hydroxylation sites is 1. The Balaban J connectivity index is 1.77. The quantitative estimate of drug-likeness (QED) is 0.273. The summed E-state index contributed by atoms with van der Waals surface area (Å²) >= 11 is 9.47. The van der Waals surface area contributed by atoms with E-state index in [2.05, 4.69) is 26.6 Å². The molecule has 0 radical (unpaired) electrons. The van der Waals surface area contributed by atoms with Crippen molar-refractivity contribution in [3.05, 3.63) is 92.4 Å². The molecule has 2 N–H and O–H groups in total. The highest BCUT2D eigenvalue weighted by molar-refractivity contribution is 9.10. The van der Waals surface area contributed by atoms with Crippen LogP contribution in [0.1, 0.15) is 16.7 Å². The smallest absolute Gasteiger partial charge is 0.266 e. The fourth-order valence-corrected chi connectivity index (χ4v) is 3.60. The Hall–Kier alpha value is -3.60. The van der Waals surface area contributed by atoms with Gasteiger partial charge in [0.15, 0.2) is 6.61 Å². The van der Waals surface area contributed by atoms with Gasteiger partial charge in [-0.25, -0.2) is 0 Å². The lowest BCUT2D eigenvalue weighted by molar-refractivity contribution is -0.118. The van der Waals surface area contributed by atoms with Gasteiger partial charge in [-0.2, -0.15) is 5.26 Å². The number of nitriles is 1. The minimum Gasteiger partial charge on any atom is -0.483 e. The summed E-state index contributed by atoms with van der Waals surface area (Å²) < 4.78 is 6.44. The van der Waals surface area contributed by atoms with Crippen LogP contribution in [0, 0.1) is 25.2 Å². The summed E-state index contributed by atoms with van der Waals surface area (Å²) in [6, 6.07) is 19.4. The summed E-state index contributed by atoms with van der Waals surface area (Å²) in [5, 5.41) is 15.4. The lowest BCUT2D eigenvalue weighted by atomic mass is 10.1. The molecule has 0 aliphatic carbocycles. The van der Waals surface area contributed by atoms with Crippen LogP contribution in [0.4, 0.5) is 11.4 Å². The topological polar surface area (TPSA) is 91.2 Å². The van der Waals surface area contributed by atoms with Gasteiger partial charge in [0.2, 0.25) is 0 Å². The first-order valence-corrected chi connectivity index (χ1v) is 11.4. The number of rotatable bonds is 7. The van der Waals surface area contributed by atoms with Crippen molar-refractivity contribution in [3.63, 3.8) is 0 Å². The number of carbonyl (C=O) groups excluding carboxylic acids is 2. The second-order valence-electron chi connectivity index (χ2n) is 7.37. The van der Waals surface area contributed by atoms with Crippen LogP contribution in [0.15, 0.2) is 70.7 Å². The minimum atomic E-state index is -0.616. The molecule has 0 saturated heterocycles.